The molecule has 0 unspecified atom stereocenters. The lowest BCUT2D eigenvalue weighted by Gasteiger charge is -2.23. The Morgan fingerprint density at radius 2 is 1.78 bits per heavy atom. The Kier molecular flexibility index (Phi) is 4.78. The third-order valence-corrected chi connectivity index (χ3v) is 4.27. The summed E-state index contributed by atoms with van der Waals surface area (Å²) in [5.74, 6) is -1.95. The summed E-state index contributed by atoms with van der Waals surface area (Å²) in [5.41, 5.74) is 1.20. The van der Waals surface area contributed by atoms with Gasteiger partial charge in [-0.2, -0.15) is 13.2 Å². The van der Waals surface area contributed by atoms with Gasteiger partial charge in [-0.15, -0.1) is 0 Å². The maximum Gasteiger partial charge on any atom is 0.471 e. The molecule has 0 saturated carbocycles. The number of amides is 1. The van der Waals surface area contributed by atoms with Crippen LogP contribution in [-0.4, -0.2) is 18.6 Å². The van der Waals surface area contributed by atoms with Gasteiger partial charge in [0.2, 0.25) is 0 Å². The van der Waals surface area contributed by atoms with Crippen LogP contribution in [0.15, 0.2) is 57.7 Å². The molecule has 1 amide bonds. The molecule has 0 aliphatic rings. The van der Waals surface area contributed by atoms with Crippen LogP contribution in [0.1, 0.15) is 12.5 Å². The lowest BCUT2D eigenvalue weighted by molar-refractivity contribution is -0.170. The van der Waals surface area contributed by atoms with Gasteiger partial charge in [-0.3, -0.25) is 4.79 Å². The van der Waals surface area contributed by atoms with E-state index in [2.05, 4.69) is 0 Å². The molecule has 0 atom stereocenters. The molecule has 4 nitrogen and oxygen atoms in total. The molecule has 0 bridgehead atoms. The van der Waals surface area contributed by atoms with Crippen molar-refractivity contribution >= 4 is 22.6 Å². The molecule has 0 spiro atoms. The van der Waals surface area contributed by atoms with Crippen molar-refractivity contribution in [3.8, 4) is 11.1 Å². The largest absolute Gasteiger partial charge is 0.471 e. The first-order chi connectivity index (χ1) is 12.7. The van der Waals surface area contributed by atoms with E-state index in [-0.39, 0.29) is 17.8 Å². The second kappa shape index (κ2) is 6.90. The average Bonchev–Trinajstić information content (AvgIpc) is 2.62. The maximum atomic E-state index is 12.9. The zero-order chi connectivity index (χ0) is 19.8. The molecule has 1 heterocycles. The molecule has 3 rings (SSSR count). The van der Waals surface area contributed by atoms with E-state index >= 15 is 0 Å². The van der Waals surface area contributed by atoms with Crippen molar-refractivity contribution in [1.29, 1.82) is 0 Å². The fourth-order valence-corrected chi connectivity index (χ4v) is 2.91. The molecule has 7 heteroatoms. The highest BCUT2D eigenvalue weighted by atomic mass is 19.4. The fourth-order valence-electron chi connectivity index (χ4n) is 2.91. The van der Waals surface area contributed by atoms with Crippen LogP contribution < -0.4 is 10.5 Å². The zero-order valence-electron chi connectivity index (χ0n) is 14.6. The van der Waals surface area contributed by atoms with Crippen LogP contribution in [0.5, 0.6) is 0 Å². The number of hydrogen-bond acceptors (Lipinski definition) is 3. The van der Waals surface area contributed by atoms with Crippen molar-refractivity contribution in [3.63, 3.8) is 0 Å². The Morgan fingerprint density at radius 3 is 2.44 bits per heavy atom. The molecular weight excluding hydrogens is 359 g/mol. The van der Waals surface area contributed by atoms with Gasteiger partial charge in [-0.1, -0.05) is 24.3 Å². The number of alkyl halides is 3. The summed E-state index contributed by atoms with van der Waals surface area (Å²) in [6.45, 7) is 3.02. The minimum atomic E-state index is -4.98. The first-order valence-electron chi connectivity index (χ1n) is 8.25. The monoisotopic (exact) mass is 375 g/mol. The highest BCUT2D eigenvalue weighted by Crippen LogP contribution is 2.30. The third-order valence-electron chi connectivity index (χ3n) is 4.27. The first-order valence-corrected chi connectivity index (χ1v) is 8.25. The normalized spacial score (nSPS) is 11.6. The molecular formula is C20H16F3NO3. The van der Waals surface area contributed by atoms with Gasteiger partial charge < -0.3 is 9.32 Å². The minimum Gasteiger partial charge on any atom is -0.422 e. The van der Waals surface area contributed by atoms with E-state index < -0.39 is 17.7 Å². The van der Waals surface area contributed by atoms with Crippen LogP contribution in [-0.2, 0) is 4.79 Å². The van der Waals surface area contributed by atoms with Crippen molar-refractivity contribution in [2.45, 2.75) is 20.0 Å². The van der Waals surface area contributed by atoms with Crippen LogP contribution >= 0.6 is 0 Å². The number of halogens is 3. The Morgan fingerprint density at radius 1 is 1.07 bits per heavy atom. The maximum absolute atomic E-state index is 12.9. The van der Waals surface area contributed by atoms with Gasteiger partial charge in [-0.05, 0) is 49.2 Å². The molecule has 0 saturated heterocycles. The van der Waals surface area contributed by atoms with Gasteiger partial charge >= 0.3 is 17.7 Å². The lowest BCUT2D eigenvalue weighted by Crippen LogP contribution is -2.41. The molecule has 140 valence electrons. The van der Waals surface area contributed by atoms with Crippen molar-refractivity contribution in [2.24, 2.45) is 0 Å². The Labute approximate surface area is 152 Å². The standard InChI is InChI=1S/C20H16F3NO3/c1-3-24(19(26)20(21,22)23)14-9-8-12(2)15(11-14)16-10-13-6-4-5-7-17(13)27-18(16)25/h4-11H,3H2,1-2H3. The van der Waals surface area contributed by atoms with Gasteiger partial charge in [0, 0.05) is 17.6 Å². The Hall–Kier alpha value is -3.09. The SMILES string of the molecule is CCN(C(=O)C(F)(F)F)c1ccc(C)c(-c2cc3ccccc3oc2=O)c1. The van der Waals surface area contributed by atoms with Crippen LogP contribution in [0.4, 0.5) is 18.9 Å². The molecule has 2 aromatic carbocycles. The summed E-state index contributed by atoms with van der Waals surface area (Å²) >= 11 is 0. The number of carbonyl (C=O) groups excluding carboxylic acids is 1. The number of carbonyl (C=O) groups is 1. The quantitative estimate of drug-likeness (QED) is 0.625. The summed E-state index contributed by atoms with van der Waals surface area (Å²) in [7, 11) is 0. The minimum absolute atomic E-state index is 0.0629. The lowest BCUT2D eigenvalue weighted by atomic mass is 10.00. The molecule has 3 aromatic rings. The van der Waals surface area contributed by atoms with Gasteiger partial charge in [0.05, 0.1) is 5.56 Å². The molecule has 27 heavy (non-hydrogen) atoms. The number of rotatable bonds is 3. The average molecular weight is 375 g/mol. The van der Waals surface area contributed by atoms with E-state index in [0.717, 1.165) is 0 Å². The predicted molar refractivity (Wildman–Crippen MR) is 96.7 cm³/mol. The van der Waals surface area contributed by atoms with Gasteiger partial charge in [0.15, 0.2) is 0 Å². The van der Waals surface area contributed by atoms with Crippen molar-refractivity contribution in [2.75, 3.05) is 11.4 Å². The number of benzene rings is 2. The molecule has 0 N–H and O–H groups in total. The number of fused-ring (bicyclic) bond motifs is 1. The smallest absolute Gasteiger partial charge is 0.422 e. The van der Waals surface area contributed by atoms with E-state index in [0.29, 0.717) is 27.0 Å². The third kappa shape index (κ3) is 3.58. The van der Waals surface area contributed by atoms with Crippen LogP contribution in [0, 0.1) is 6.92 Å². The van der Waals surface area contributed by atoms with E-state index in [4.69, 9.17) is 4.42 Å². The van der Waals surface area contributed by atoms with Gasteiger partial charge in [-0.25, -0.2) is 4.79 Å². The summed E-state index contributed by atoms with van der Waals surface area (Å²) in [6.07, 6.45) is -4.98. The van der Waals surface area contributed by atoms with Crippen molar-refractivity contribution in [3.05, 3.63) is 64.5 Å². The summed E-state index contributed by atoms with van der Waals surface area (Å²) in [5, 5.41) is 0.690. The van der Waals surface area contributed by atoms with E-state index in [1.165, 1.54) is 19.1 Å². The molecule has 0 radical (unpaired) electrons. The van der Waals surface area contributed by atoms with Crippen molar-refractivity contribution in [1.82, 2.24) is 0 Å². The van der Waals surface area contributed by atoms with Crippen LogP contribution in [0.25, 0.3) is 22.1 Å². The fraction of sp³-hybridized carbons (Fsp3) is 0.200. The van der Waals surface area contributed by atoms with Gasteiger partial charge in [0.25, 0.3) is 0 Å². The van der Waals surface area contributed by atoms with E-state index in [1.54, 1.807) is 43.3 Å². The van der Waals surface area contributed by atoms with Crippen LogP contribution in [0.3, 0.4) is 0 Å². The topological polar surface area (TPSA) is 50.5 Å². The van der Waals surface area contributed by atoms with Crippen LogP contribution in [0.2, 0.25) is 0 Å². The highest BCUT2D eigenvalue weighted by Gasteiger charge is 2.42. The number of hydrogen-bond donors (Lipinski definition) is 0. The Balaban J connectivity index is 2.15. The number of aryl methyl sites for hydroxylation is 1. The van der Waals surface area contributed by atoms with Crippen molar-refractivity contribution < 1.29 is 22.4 Å². The number of anilines is 1. The molecule has 0 aliphatic carbocycles. The predicted octanol–water partition coefficient (Wildman–Crippen LogP) is 4.68. The summed E-state index contributed by atoms with van der Waals surface area (Å²) in [4.78, 5) is 24.7. The van der Waals surface area contributed by atoms with E-state index in [1.807, 2.05) is 0 Å². The molecule has 0 fully saturated rings. The zero-order valence-corrected chi connectivity index (χ0v) is 14.6. The number of nitrogens with zero attached hydrogens (tertiary/aromatic N) is 1. The summed E-state index contributed by atoms with van der Waals surface area (Å²) in [6, 6.07) is 13.0. The second-order valence-corrected chi connectivity index (χ2v) is 6.03. The summed E-state index contributed by atoms with van der Waals surface area (Å²) < 4.78 is 43.9. The van der Waals surface area contributed by atoms with E-state index in [9.17, 15) is 22.8 Å². The molecule has 0 aliphatic heterocycles. The number of para-hydroxylation sites is 1. The highest BCUT2D eigenvalue weighted by molar-refractivity contribution is 5.98. The first kappa shape index (κ1) is 18.7. The Bertz CT molecular complexity index is 1070. The van der Waals surface area contributed by atoms with Gasteiger partial charge in [0.1, 0.15) is 5.58 Å². The second-order valence-electron chi connectivity index (χ2n) is 6.03. The molecule has 1 aromatic heterocycles.